The molecule has 0 heterocycles. The molecule has 0 bridgehead atoms. The number of hydrogen-bond acceptors (Lipinski definition) is 0. The molecule has 1 rings (SSSR count). The molecule has 1 aliphatic carbocycles. The van der Waals surface area contributed by atoms with Crippen molar-refractivity contribution < 1.29 is 5.73 Å². The Hall–Kier alpha value is -0.0400. The molecule has 0 unspecified atom stereocenters. The highest BCUT2D eigenvalue weighted by Gasteiger charge is 2.35. The molecule has 0 atom stereocenters. The van der Waals surface area contributed by atoms with Gasteiger partial charge in [0.1, 0.15) is 0 Å². The SMILES string of the molecule is CC1(C)CCC(C(C)(C)[NH3+])CC1. The fourth-order valence-electron chi connectivity index (χ4n) is 2.18. The minimum atomic E-state index is 0.288. The van der Waals surface area contributed by atoms with Crippen LogP contribution in [0.25, 0.3) is 0 Å². The van der Waals surface area contributed by atoms with Crippen LogP contribution in [0.2, 0.25) is 0 Å². The number of rotatable bonds is 1. The van der Waals surface area contributed by atoms with Crippen LogP contribution in [0.4, 0.5) is 0 Å². The van der Waals surface area contributed by atoms with Crippen molar-refractivity contribution in [3.8, 4) is 0 Å². The lowest BCUT2D eigenvalue weighted by atomic mass is 9.68. The molecule has 0 spiro atoms. The van der Waals surface area contributed by atoms with E-state index in [0.29, 0.717) is 5.41 Å². The summed E-state index contributed by atoms with van der Waals surface area (Å²) in [6, 6.07) is 0. The van der Waals surface area contributed by atoms with Crippen LogP contribution >= 0.6 is 0 Å². The summed E-state index contributed by atoms with van der Waals surface area (Å²) >= 11 is 0. The van der Waals surface area contributed by atoms with E-state index in [1.165, 1.54) is 25.7 Å². The van der Waals surface area contributed by atoms with Crippen molar-refractivity contribution in [2.24, 2.45) is 11.3 Å². The fourth-order valence-corrected chi connectivity index (χ4v) is 2.18. The summed E-state index contributed by atoms with van der Waals surface area (Å²) in [5.41, 5.74) is 5.13. The van der Waals surface area contributed by atoms with Gasteiger partial charge in [-0.2, -0.15) is 0 Å². The maximum Gasteiger partial charge on any atom is 0.0917 e. The van der Waals surface area contributed by atoms with Crippen LogP contribution in [0.1, 0.15) is 53.4 Å². The molecule has 0 amide bonds. The van der Waals surface area contributed by atoms with E-state index in [9.17, 15) is 0 Å². The Balaban J connectivity index is 2.47. The second kappa shape index (κ2) is 3.02. The van der Waals surface area contributed by atoms with E-state index in [-0.39, 0.29) is 5.54 Å². The molecule has 72 valence electrons. The van der Waals surface area contributed by atoms with Crippen LogP contribution in [-0.4, -0.2) is 5.54 Å². The first-order chi connectivity index (χ1) is 5.31. The van der Waals surface area contributed by atoms with Crippen LogP contribution < -0.4 is 5.73 Å². The Kier molecular flexibility index (Phi) is 2.53. The minimum absolute atomic E-state index is 0.288. The zero-order chi connectivity index (χ0) is 9.41. The normalized spacial score (nSPS) is 25.8. The van der Waals surface area contributed by atoms with Gasteiger partial charge >= 0.3 is 0 Å². The third-order valence-electron chi connectivity index (χ3n) is 3.44. The third kappa shape index (κ3) is 2.48. The van der Waals surface area contributed by atoms with E-state index in [1.807, 2.05) is 0 Å². The maximum absolute atomic E-state index is 4.24. The summed E-state index contributed by atoms with van der Waals surface area (Å²) in [5.74, 6) is 0.852. The first kappa shape index (κ1) is 10.0. The molecule has 1 heteroatoms. The van der Waals surface area contributed by atoms with Gasteiger partial charge in [0.2, 0.25) is 0 Å². The average Bonchev–Trinajstić information content (AvgIpc) is 1.83. The number of hydrogen-bond donors (Lipinski definition) is 1. The predicted molar refractivity (Wildman–Crippen MR) is 52.7 cm³/mol. The van der Waals surface area contributed by atoms with Crippen molar-refractivity contribution >= 4 is 0 Å². The van der Waals surface area contributed by atoms with Gasteiger partial charge < -0.3 is 5.73 Å². The summed E-state index contributed by atoms with van der Waals surface area (Å²) in [6.45, 7) is 9.32. The third-order valence-corrected chi connectivity index (χ3v) is 3.44. The van der Waals surface area contributed by atoms with Crippen LogP contribution in [0.3, 0.4) is 0 Å². The van der Waals surface area contributed by atoms with Gasteiger partial charge in [0.05, 0.1) is 5.54 Å². The van der Waals surface area contributed by atoms with Crippen LogP contribution in [0.15, 0.2) is 0 Å². The van der Waals surface area contributed by atoms with Gasteiger partial charge in [-0.15, -0.1) is 0 Å². The van der Waals surface area contributed by atoms with E-state index >= 15 is 0 Å². The molecular formula is C11H24N+. The van der Waals surface area contributed by atoms with Crippen LogP contribution in [-0.2, 0) is 0 Å². The van der Waals surface area contributed by atoms with Crippen molar-refractivity contribution in [1.29, 1.82) is 0 Å². The molecule has 0 aromatic carbocycles. The first-order valence-corrected chi connectivity index (χ1v) is 5.17. The topological polar surface area (TPSA) is 27.6 Å². The molecule has 1 fully saturated rings. The molecule has 12 heavy (non-hydrogen) atoms. The van der Waals surface area contributed by atoms with Gasteiger partial charge in [-0.25, -0.2) is 0 Å². The molecule has 0 aliphatic heterocycles. The second-order valence-corrected chi connectivity index (χ2v) is 5.93. The monoisotopic (exact) mass is 170 g/mol. The van der Waals surface area contributed by atoms with Crippen LogP contribution in [0, 0.1) is 11.3 Å². The van der Waals surface area contributed by atoms with Gasteiger partial charge in [-0.3, -0.25) is 0 Å². The van der Waals surface area contributed by atoms with Gasteiger partial charge in [0.15, 0.2) is 0 Å². The molecule has 1 nitrogen and oxygen atoms in total. The summed E-state index contributed by atoms with van der Waals surface area (Å²) in [4.78, 5) is 0. The zero-order valence-corrected chi connectivity index (χ0v) is 9.11. The Labute approximate surface area is 76.7 Å². The number of quaternary nitrogens is 1. The second-order valence-electron chi connectivity index (χ2n) is 5.93. The summed E-state index contributed by atoms with van der Waals surface area (Å²) in [5, 5.41) is 0. The summed E-state index contributed by atoms with van der Waals surface area (Å²) in [7, 11) is 0. The van der Waals surface area contributed by atoms with Crippen molar-refractivity contribution in [1.82, 2.24) is 0 Å². The highest BCUT2D eigenvalue weighted by Crippen LogP contribution is 2.40. The Morgan fingerprint density at radius 2 is 1.58 bits per heavy atom. The average molecular weight is 170 g/mol. The molecule has 0 saturated heterocycles. The van der Waals surface area contributed by atoms with Crippen LogP contribution in [0.5, 0.6) is 0 Å². The van der Waals surface area contributed by atoms with Gasteiger partial charge in [-0.1, -0.05) is 13.8 Å². The van der Waals surface area contributed by atoms with Crippen molar-refractivity contribution in [3.05, 3.63) is 0 Å². The zero-order valence-electron chi connectivity index (χ0n) is 9.11. The molecule has 1 aliphatic rings. The van der Waals surface area contributed by atoms with E-state index in [2.05, 4.69) is 33.4 Å². The molecule has 0 aromatic rings. The van der Waals surface area contributed by atoms with Crippen molar-refractivity contribution in [3.63, 3.8) is 0 Å². The molecule has 0 aromatic heterocycles. The molecular weight excluding hydrogens is 146 g/mol. The maximum atomic E-state index is 4.24. The first-order valence-electron chi connectivity index (χ1n) is 5.17. The predicted octanol–water partition coefficient (Wildman–Crippen LogP) is 2.22. The largest absolute Gasteiger partial charge is 0.353 e. The van der Waals surface area contributed by atoms with E-state index in [4.69, 9.17) is 0 Å². The highest BCUT2D eigenvalue weighted by molar-refractivity contribution is 4.85. The smallest absolute Gasteiger partial charge is 0.0917 e. The van der Waals surface area contributed by atoms with Gasteiger partial charge in [0, 0.05) is 5.92 Å². The molecule has 1 saturated carbocycles. The van der Waals surface area contributed by atoms with E-state index < -0.39 is 0 Å². The highest BCUT2D eigenvalue weighted by atomic mass is 14.7. The van der Waals surface area contributed by atoms with Gasteiger partial charge in [0.25, 0.3) is 0 Å². The Morgan fingerprint density at radius 1 is 1.17 bits per heavy atom. The van der Waals surface area contributed by atoms with Gasteiger partial charge in [-0.05, 0) is 44.9 Å². The quantitative estimate of drug-likeness (QED) is 0.625. The minimum Gasteiger partial charge on any atom is -0.353 e. The fraction of sp³-hybridized carbons (Fsp3) is 1.00. The lowest BCUT2D eigenvalue weighted by Gasteiger charge is -2.38. The van der Waals surface area contributed by atoms with E-state index in [1.54, 1.807) is 0 Å². The standard InChI is InChI=1S/C11H23N/c1-10(2)7-5-9(6-8-10)11(3,4)12/h9H,5-8,12H2,1-4H3/p+1. The van der Waals surface area contributed by atoms with Crippen molar-refractivity contribution in [2.45, 2.75) is 58.9 Å². The Bertz CT molecular complexity index is 143. The van der Waals surface area contributed by atoms with Crippen molar-refractivity contribution in [2.75, 3.05) is 0 Å². The summed E-state index contributed by atoms with van der Waals surface area (Å²) < 4.78 is 0. The lowest BCUT2D eigenvalue weighted by molar-refractivity contribution is -0.482. The molecule has 0 radical (unpaired) electrons. The Morgan fingerprint density at radius 3 is 1.92 bits per heavy atom. The van der Waals surface area contributed by atoms with E-state index in [0.717, 1.165) is 5.92 Å². The molecule has 3 N–H and O–H groups in total. The lowest BCUT2D eigenvalue weighted by Crippen LogP contribution is -2.72. The summed E-state index contributed by atoms with van der Waals surface area (Å²) in [6.07, 6.45) is 5.53.